The van der Waals surface area contributed by atoms with Crippen molar-refractivity contribution in [3.05, 3.63) is 76.9 Å². The van der Waals surface area contributed by atoms with Gasteiger partial charge in [-0.25, -0.2) is 4.98 Å². The minimum atomic E-state index is 0.284. The second kappa shape index (κ2) is 7.59. The predicted molar refractivity (Wildman–Crippen MR) is 133 cm³/mol. The molecule has 3 aromatic carbocycles. The maximum atomic E-state index is 12.1. The molecule has 160 valence electrons. The normalized spacial score (nSPS) is 12.0. The zero-order chi connectivity index (χ0) is 22.6. The van der Waals surface area contributed by atoms with E-state index in [1.54, 1.807) is 0 Å². The number of aryl methyl sites for hydroxylation is 1. The fourth-order valence-electron chi connectivity index (χ4n) is 4.66. The van der Waals surface area contributed by atoms with Gasteiger partial charge in [-0.15, -0.1) is 0 Å². The number of rotatable bonds is 4. The van der Waals surface area contributed by atoms with Crippen LogP contribution in [0.15, 0.2) is 59.0 Å². The van der Waals surface area contributed by atoms with Crippen LogP contribution >= 0.6 is 0 Å². The molecule has 0 spiro atoms. The summed E-state index contributed by atoms with van der Waals surface area (Å²) in [6.45, 7) is 10.7. The van der Waals surface area contributed by atoms with E-state index in [1.165, 1.54) is 5.56 Å². The minimum Gasteiger partial charge on any atom is -0.455 e. The largest absolute Gasteiger partial charge is 0.455 e. The van der Waals surface area contributed by atoms with E-state index >= 15 is 0 Å². The second-order valence-electron chi connectivity index (χ2n) is 9.28. The van der Waals surface area contributed by atoms with E-state index in [4.69, 9.17) is 9.40 Å². The fraction of sp³-hybridized carbons (Fsp3) is 0.241. The molecule has 32 heavy (non-hydrogen) atoms. The summed E-state index contributed by atoms with van der Waals surface area (Å²) in [5.74, 6) is 0.577. The third-order valence-electron chi connectivity index (χ3n) is 6.35. The lowest BCUT2D eigenvalue weighted by molar-refractivity contribution is 0.112. The first kappa shape index (κ1) is 20.4. The summed E-state index contributed by atoms with van der Waals surface area (Å²) in [5.41, 5.74) is 8.63. The van der Waals surface area contributed by atoms with Crippen molar-refractivity contribution >= 4 is 39.1 Å². The highest BCUT2D eigenvalue weighted by Gasteiger charge is 2.23. The van der Waals surface area contributed by atoms with Crippen LogP contribution in [0.4, 0.5) is 0 Å². The third kappa shape index (κ3) is 3.12. The van der Waals surface area contributed by atoms with Crippen LogP contribution in [-0.4, -0.2) is 11.3 Å². The van der Waals surface area contributed by atoms with Crippen LogP contribution in [0.2, 0.25) is 0 Å². The number of carbonyl (C=O) groups is 1. The van der Waals surface area contributed by atoms with Crippen molar-refractivity contribution in [2.75, 3.05) is 0 Å². The first-order chi connectivity index (χ1) is 15.4. The van der Waals surface area contributed by atoms with E-state index in [-0.39, 0.29) is 5.92 Å². The lowest BCUT2D eigenvalue weighted by Crippen LogP contribution is -1.93. The first-order valence-electron chi connectivity index (χ1n) is 11.2. The van der Waals surface area contributed by atoms with Crippen LogP contribution in [0, 0.1) is 6.92 Å². The molecule has 0 saturated heterocycles. The molecule has 3 nitrogen and oxygen atoms in total. The van der Waals surface area contributed by atoms with Crippen LogP contribution in [0.25, 0.3) is 44.1 Å². The Morgan fingerprint density at radius 1 is 0.812 bits per heavy atom. The summed E-state index contributed by atoms with van der Waals surface area (Å²) < 4.78 is 6.56. The highest BCUT2D eigenvalue weighted by Crippen LogP contribution is 2.43. The number of pyridine rings is 1. The topological polar surface area (TPSA) is 43.1 Å². The maximum Gasteiger partial charge on any atom is 0.150 e. The molecular formula is C29H27NO2. The lowest BCUT2D eigenvalue weighted by atomic mass is 9.92. The molecule has 0 aliphatic heterocycles. The quantitative estimate of drug-likeness (QED) is 0.275. The zero-order valence-corrected chi connectivity index (χ0v) is 19.2. The van der Waals surface area contributed by atoms with Gasteiger partial charge in [-0.05, 0) is 48.1 Å². The van der Waals surface area contributed by atoms with Crippen LogP contribution in [0.5, 0.6) is 0 Å². The highest BCUT2D eigenvalue weighted by molar-refractivity contribution is 6.18. The molecule has 0 aliphatic carbocycles. The van der Waals surface area contributed by atoms with Gasteiger partial charge in [-0.2, -0.15) is 0 Å². The number of benzene rings is 3. The Morgan fingerprint density at radius 3 is 2.19 bits per heavy atom. The van der Waals surface area contributed by atoms with Gasteiger partial charge in [-0.3, -0.25) is 4.79 Å². The highest BCUT2D eigenvalue weighted by atomic mass is 16.3. The van der Waals surface area contributed by atoms with E-state index < -0.39 is 0 Å². The van der Waals surface area contributed by atoms with Crippen molar-refractivity contribution in [1.82, 2.24) is 4.98 Å². The van der Waals surface area contributed by atoms with Gasteiger partial charge in [0.25, 0.3) is 0 Å². The molecule has 3 heteroatoms. The van der Waals surface area contributed by atoms with Gasteiger partial charge in [0.1, 0.15) is 11.2 Å². The van der Waals surface area contributed by atoms with Crippen LogP contribution in [0.1, 0.15) is 66.6 Å². The first-order valence-corrected chi connectivity index (χ1v) is 11.2. The fourth-order valence-corrected chi connectivity index (χ4v) is 4.66. The number of hydrogen-bond donors (Lipinski definition) is 0. The van der Waals surface area contributed by atoms with Crippen molar-refractivity contribution in [2.45, 2.75) is 46.5 Å². The number of hydrogen-bond acceptors (Lipinski definition) is 3. The summed E-state index contributed by atoms with van der Waals surface area (Å²) in [6, 6.07) is 18.7. The number of fused-ring (bicyclic) bond motifs is 4. The lowest BCUT2D eigenvalue weighted by Gasteiger charge is -2.11. The Hall–Kier alpha value is -3.46. The van der Waals surface area contributed by atoms with E-state index in [0.717, 1.165) is 61.5 Å². The summed E-state index contributed by atoms with van der Waals surface area (Å²) in [5, 5.41) is 3.00. The number of aromatic nitrogens is 1. The summed E-state index contributed by atoms with van der Waals surface area (Å²) in [7, 11) is 0. The average Bonchev–Trinajstić information content (AvgIpc) is 3.17. The Kier molecular flexibility index (Phi) is 4.85. The van der Waals surface area contributed by atoms with E-state index in [0.29, 0.717) is 11.5 Å². The molecule has 0 N–H and O–H groups in total. The van der Waals surface area contributed by atoms with Gasteiger partial charge < -0.3 is 4.42 Å². The third-order valence-corrected chi connectivity index (χ3v) is 6.35. The van der Waals surface area contributed by atoms with Gasteiger partial charge in [0.05, 0.1) is 11.2 Å². The van der Waals surface area contributed by atoms with E-state index in [9.17, 15) is 4.79 Å². The van der Waals surface area contributed by atoms with Crippen LogP contribution in [0.3, 0.4) is 0 Å². The van der Waals surface area contributed by atoms with E-state index in [2.05, 4.69) is 77.1 Å². The van der Waals surface area contributed by atoms with Gasteiger partial charge in [-0.1, -0.05) is 69.7 Å². The molecule has 2 heterocycles. The summed E-state index contributed by atoms with van der Waals surface area (Å²) in [6.07, 6.45) is 0.934. The monoisotopic (exact) mass is 421 g/mol. The molecule has 0 bridgehead atoms. The SMILES string of the molecule is Cc1ccc2nc(-c3ccc(C(C)C)c4oc5c(C(C)C)ccc(C=O)c5c34)ccc2c1. The average molecular weight is 422 g/mol. The van der Waals surface area contributed by atoms with E-state index in [1.807, 2.05) is 12.1 Å². The smallest absolute Gasteiger partial charge is 0.150 e. The van der Waals surface area contributed by atoms with Gasteiger partial charge in [0.15, 0.2) is 6.29 Å². The molecule has 0 unspecified atom stereocenters. The van der Waals surface area contributed by atoms with Gasteiger partial charge >= 0.3 is 0 Å². The molecule has 5 aromatic rings. The van der Waals surface area contributed by atoms with Crippen molar-refractivity contribution in [3.63, 3.8) is 0 Å². The molecule has 5 rings (SSSR count). The van der Waals surface area contributed by atoms with Crippen molar-refractivity contribution in [2.24, 2.45) is 0 Å². The second-order valence-corrected chi connectivity index (χ2v) is 9.28. The van der Waals surface area contributed by atoms with Crippen molar-refractivity contribution in [3.8, 4) is 11.3 Å². The maximum absolute atomic E-state index is 12.1. The molecule has 0 amide bonds. The summed E-state index contributed by atoms with van der Waals surface area (Å²) >= 11 is 0. The molecule has 0 saturated carbocycles. The van der Waals surface area contributed by atoms with Crippen LogP contribution in [-0.2, 0) is 0 Å². The zero-order valence-electron chi connectivity index (χ0n) is 19.2. The Bertz CT molecular complexity index is 1510. The van der Waals surface area contributed by atoms with Crippen molar-refractivity contribution in [1.29, 1.82) is 0 Å². The Balaban J connectivity index is 1.93. The molecule has 0 fully saturated rings. The number of aldehydes is 1. The summed E-state index contributed by atoms with van der Waals surface area (Å²) in [4.78, 5) is 17.0. The molecule has 0 radical (unpaired) electrons. The Morgan fingerprint density at radius 2 is 1.50 bits per heavy atom. The van der Waals surface area contributed by atoms with Crippen molar-refractivity contribution < 1.29 is 9.21 Å². The minimum absolute atomic E-state index is 0.284. The Labute approximate surface area is 188 Å². The molecular weight excluding hydrogens is 394 g/mol. The standard InChI is InChI=1S/C29H27NO2/c1-16(2)21-9-7-20(15-31)26-27-23(11-10-22(17(3)4)29(27)32-28(21)26)25-13-8-19-14-18(5)6-12-24(19)30-25/h6-17H,1-5H3. The number of furan rings is 1. The number of carbonyl (C=O) groups excluding carboxylic acids is 1. The molecule has 0 aliphatic rings. The number of nitrogens with zero attached hydrogens (tertiary/aromatic N) is 1. The molecule has 2 aromatic heterocycles. The van der Waals surface area contributed by atoms with Crippen LogP contribution < -0.4 is 0 Å². The predicted octanol–water partition coefficient (Wildman–Crippen LogP) is 8.17. The van der Waals surface area contributed by atoms with Gasteiger partial charge in [0.2, 0.25) is 0 Å². The molecule has 0 atom stereocenters. The van der Waals surface area contributed by atoms with Gasteiger partial charge in [0, 0.05) is 27.3 Å².